The van der Waals surface area contributed by atoms with E-state index in [1.54, 1.807) is 19.2 Å². The number of piperidine rings is 1. The molecule has 1 saturated heterocycles. The Morgan fingerprint density at radius 3 is 2.21 bits per heavy atom. The van der Waals surface area contributed by atoms with Crippen molar-refractivity contribution in [3.8, 4) is 17.4 Å². The molecule has 1 N–H and O–H groups in total. The molecule has 1 aliphatic heterocycles. The normalized spacial score (nSPS) is 14.6. The van der Waals surface area contributed by atoms with Gasteiger partial charge in [-0.2, -0.15) is 0 Å². The minimum atomic E-state index is -0.319. The molecule has 0 atom stereocenters. The van der Waals surface area contributed by atoms with Crippen molar-refractivity contribution in [2.45, 2.75) is 32.7 Å². The molecule has 0 radical (unpaired) electrons. The highest BCUT2D eigenvalue weighted by Gasteiger charge is 2.26. The summed E-state index contributed by atoms with van der Waals surface area (Å²) in [5, 5.41) is 12.1. The van der Waals surface area contributed by atoms with Crippen molar-refractivity contribution in [1.82, 2.24) is 9.47 Å². The number of aliphatic imine (C=N–C) groups is 1. The van der Waals surface area contributed by atoms with E-state index in [1.807, 2.05) is 42.5 Å². The van der Waals surface area contributed by atoms with Gasteiger partial charge in [0.25, 0.3) is 0 Å². The quantitative estimate of drug-likeness (QED) is 0.300. The minimum absolute atomic E-state index is 0.174. The van der Waals surface area contributed by atoms with Crippen LogP contribution in [0.3, 0.4) is 0 Å². The molecule has 2 heterocycles. The van der Waals surface area contributed by atoms with E-state index in [0.717, 1.165) is 30.9 Å². The van der Waals surface area contributed by atoms with Crippen LogP contribution in [0.15, 0.2) is 71.7 Å². The van der Waals surface area contributed by atoms with Crippen LogP contribution in [0.5, 0.6) is 17.4 Å². The molecule has 38 heavy (non-hydrogen) atoms. The molecule has 196 valence electrons. The van der Waals surface area contributed by atoms with Crippen molar-refractivity contribution in [3.63, 3.8) is 0 Å². The van der Waals surface area contributed by atoms with E-state index in [1.165, 1.54) is 43.4 Å². The second kappa shape index (κ2) is 11.1. The van der Waals surface area contributed by atoms with Gasteiger partial charge in [0, 0.05) is 30.5 Å². The van der Waals surface area contributed by atoms with Gasteiger partial charge < -0.3 is 14.6 Å². The summed E-state index contributed by atoms with van der Waals surface area (Å²) >= 11 is 0. The van der Waals surface area contributed by atoms with Crippen LogP contribution in [-0.4, -0.2) is 53.5 Å². The Kier molecular flexibility index (Phi) is 7.47. The summed E-state index contributed by atoms with van der Waals surface area (Å²) in [7, 11) is 3.10. The maximum atomic E-state index is 12.7. The third kappa shape index (κ3) is 5.02. The van der Waals surface area contributed by atoms with Crippen LogP contribution in [0, 0.1) is 0 Å². The predicted octanol–water partition coefficient (Wildman–Crippen LogP) is 6.18. The molecule has 0 unspecified atom stereocenters. The van der Waals surface area contributed by atoms with E-state index in [2.05, 4.69) is 17.0 Å². The number of carbonyl (C=O) groups excluding carboxylic acids is 1. The van der Waals surface area contributed by atoms with Gasteiger partial charge in [-0.1, -0.05) is 48.9 Å². The third-order valence-electron chi connectivity index (χ3n) is 7.08. The molecule has 0 spiro atoms. The molecular weight excluding hydrogens is 478 g/mol. The van der Waals surface area contributed by atoms with Crippen molar-refractivity contribution in [3.05, 3.63) is 83.4 Å². The molecule has 1 fully saturated rings. The summed E-state index contributed by atoms with van der Waals surface area (Å²) in [5.74, 6) is 0.470. The molecule has 5 rings (SSSR count). The highest BCUT2D eigenvalue weighted by atomic mass is 16.5. The van der Waals surface area contributed by atoms with Crippen molar-refractivity contribution in [2.24, 2.45) is 4.99 Å². The van der Waals surface area contributed by atoms with Gasteiger partial charge >= 0.3 is 0 Å². The number of aromatic nitrogens is 1. The second-order valence-corrected chi connectivity index (χ2v) is 9.61. The predicted molar refractivity (Wildman–Crippen MR) is 150 cm³/mol. The standard InChI is InChI=1S/C31H33N3O4/c1-21(35)34-26-19-28(38-3)27(37-2)18-25(26)29(31(34)36)30(23-10-6-4-7-11-23)32-24-14-12-22(13-15-24)20-33-16-8-5-9-17-33/h4,6-7,10-15,18-19,36H,5,8-9,16-17,20H2,1-3H3. The molecule has 7 nitrogen and oxygen atoms in total. The Labute approximate surface area is 222 Å². The zero-order valence-electron chi connectivity index (χ0n) is 22.1. The van der Waals surface area contributed by atoms with Gasteiger partial charge in [-0.05, 0) is 49.7 Å². The molecule has 7 heteroatoms. The topological polar surface area (TPSA) is 76.3 Å². The number of ether oxygens (including phenoxy) is 2. The lowest BCUT2D eigenvalue weighted by Crippen LogP contribution is -2.28. The fourth-order valence-corrected chi connectivity index (χ4v) is 5.19. The van der Waals surface area contributed by atoms with Gasteiger partial charge in [0.05, 0.1) is 36.7 Å². The molecule has 0 saturated carbocycles. The van der Waals surface area contributed by atoms with Gasteiger partial charge in [0.2, 0.25) is 11.8 Å². The van der Waals surface area contributed by atoms with Crippen LogP contribution in [-0.2, 0) is 6.54 Å². The fourth-order valence-electron chi connectivity index (χ4n) is 5.19. The zero-order valence-corrected chi connectivity index (χ0v) is 22.1. The number of carbonyl (C=O) groups is 1. The highest BCUT2D eigenvalue weighted by Crippen LogP contribution is 2.40. The molecule has 4 aromatic rings. The summed E-state index contributed by atoms with van der Waals surface area (Å²) in [5.41, 5.74) is 4.36. The van der Waals surface area contributed by atoms with Gasteiger partial charge in [-0.3, -0.25) is 9.69 Å². The first kappa shape index (κ1) is 25.5. The number of likely N-dealkylation sites (tertiary alicyclic amines) is 1. The summed E-state index contributed by atoms with van der Waals surface area (Å²) in [6, 6.07) is 21.4. The van der Waals surface area contributed by atoms with Crippen molar-refractivity contribution in [2.75, 3.05) is 27.3 Å². The molecular formula is C31H33N3O4. The van der Waals surface area contributed by atoms with Crippen LogP contribution < -0.4 is 9.47 Å². The van der Waals surface area contributed by atoms with E-state index in [0.29, 0.717) is 33.7 Å². The monoisotopic (exact) mass is 511 g/mol. The SMILES string of the molecule is COc1cc2c(C(=Nc3ccc(CN4CCCCC4)cc3)c3ccccc3)c(O)n(C(C)=O)c2cc1OC. The first-order valence-electron chi connectivity index (χ1n) is 13.0. The number of hydrogen-bond donors (Lipinski definition) is 1. The lowest BCUT2D eigenvalue weighted by Gasteiger charge is -2.26. The Balaban J connectivity index is 1.65. The maximum Gasteiger partial charge on any atom is 0.230 e. The van der Waals surface area contributed by atoms with E-state index >= 15 is 0 Å². The lowest BCUT2D eigenvalue weighted by atomic mass is 10.0. The van der Waals surface area contributed by atoms with Crippen LogP contribution in [0.2, 0.25) is 0 Å². The largest absolute Gasteiger partial charge is 0.494 e. The first-order chi connectivity index (χ1) is 18.5. The Morgan fingerprint density at radius 1 is 0.921 bits per heavy atom. The first-order valence-corrected chi connectivity index (χ1v) is 13.0. The van der Waals surface area contributed by atoms with Crippen molar-refractivity contribution < 1.29 is 19.4 Å². The number of methoxy groups -OCH3 is 2. The molecule has 1 aromatic heterocycles. The van der Waals surface area contributed by atoms with Crippen molar-refractivity contribution >= 4 is 28.2 Å². The molecule has 0 aliphatic carbocycles. The van der Waals surface area contributed by atoms with Crippen LogP contribution in [0.25, 0.3) is 10.9 Å². The number of aromatic hydroxyl groups is 1. The molecule has 0 amide bonds. The maximum absolute atomic E-state index is 12.7. The minimum Gasteiger partial charge on any atom is -0.494 e. The van der Waals surface area contributed by atoms with Crippen molar-refractivity contribution in [1.29, 1.82) is 0 Å². The van der Waals surface area contributed by atoms with Gasteiger partial charge in [0.15, 0.2) is 11.5 Å². The summed E-state index contributed by atoms with van der Waals surface area (Å²) in [6.45, 7) is 4.64. The Hall–Kier alpha value is -4.10. The summed E-state index contributed by atoms with van der Waals surface area (Å²) < 4.78 is 12.3. The molecule has 0 bridgehead atoms. The summed E-state index contributed by atoms with van der Waals surface area (Å²) in [6.07, 6.45) is 3.84. The van der Waals surface area contributed by atoms with Gasteiger partial charge in [-0.25, -0.2) is 9.56 Å². The number of fused-ring (bicyclic) bond motifs is 1. The average molecular weight is 512 g/mol. The second-order valence-electron chi connectivity index (χ2n) is 9.61. The Morgan fingerprint density at radius 2 is 1.58 bits per heavy atom. The molecule has 1 aliphatic rings. The van der Waals surface area contributed by atoms with Crippen LogP contribution >= 0.6 is 0 Å². The lowest BCUT2D eigenvalue weighted by molar-refractivity contribution is 0.0933. The Bertz CT molecular complexity index is 1470. The van der Waals surface area contributed by atoms with E-state index in [-0.39, 0.29) is 11.8 Å². The summed E-state index contributed by atoms with van der Waals surface area (Å²) in [4.78, 5) is 20.2. The smallest absolute Gasteiger partial charge is 0.230 e. The zero-order chi connectivity index (χ0) is 26.6. The number of nitrogens with zero attached hydrogens (tertiary/aromatic N) is 3. The highest BCUT2D eigenvalue weighted by molar-refractivity contribution is 6.23. The van der Waals surface area contributed by atoms with E-state index in [9.17, 15) is 9.90 Å². The van der Waals surface area contributed by atoms with E-state index in [4.69, 9.17) is 14.5 Å². The number of hydrogen-bond acceptors (Lipinski definition) is 6. The third-order valence-corrected chi connectivity index (χ3v) is 7.08. The van der Waals surface area contributed by atoms with Gasteiger partial charge in [0.1, 0.15) is 0 Å². The number of benzene rings is 3. The van der Waals surface area contributed by atoms with Gasteiger partial charge in [-0.15, -0.1) is 0 Å². The van der Waals surface area contributed by atoms with Crippen LogP contribution in [0.1, 0.15) is 47.7 Å². The number of rotatable bonds is 7. The van der Waals surface area contributed by atoms with Crippen LogP contribution in [0.4, 0.5) is 5.69 Å². The average Bonchev–Trinajstić information content (AvgIpc) is 3.23. The fraction of sp³-hybridized carbons (Fsp3) is 0.290. The molecule has 3 aromatic carbocycles. The van der Waals surface area contributed by atoms with E-state index < -0.39 is 0 Å².